The number of nitrogens with zero attached hydrogens (tertiary/aromatic N) is 5. The van der Waals surface area contributed by atoms with Crippen molar-refractivity contribution >= 4 is 16.6 Å². The molecule has 0 aliphatic carbocycles. The second kappa shape index (κ2) is 6.71. The highest BCUT2D eigenvalue weighted by Gasteiger charge is 2.11. The number of anilines is 1. The average Bonchev–Trinajstić information content (AvgIpc) is 2.59. The van der Waals surface area contributed by atoms with E-state index in [1.54, 1.807) is 12.4 Å². The molecule has 0 saturated carbocycles. The van der Waals surface area contributed by atoms with E-state index in [4.69, 9.17) is 4.98 Å². The maximum absolute atomic E-state index is 4.90. The number of hydrogen-bond acceptors (Lipinski definition) is 5. The Balaban J connectivity index is 2.07. The summed E-state index contributed by atoms with van der Waals surface area (Å²) in [5.74, 6) is 0.985. The van der Waals surface area contributed by atoms with Crippen LogP contribution in [0.15, 0.2) is 49.1 Å². The van der Waals surface area contributed by atoms with Crippen LogP contribution < -0.4 is 4.90 Å². The summed E-state index contributed by atoms with van der Waals surface area (Å²) in [7, 11) is 6.25. The summed E-state index contributed by atoms with van der Waals surface area (Å²) in [4.78, 5) is 17.6. The second-order valence-electron chi connectivity index (χ2n) is 5.89. The van der Waals surface area contributed by atoms with Crippen molar-refractivity contribution in [2.24, 2.45) is 0 Å². The fraction of sp³-hybridized carbons (Fsp3) is 0.278. The van der Waals surface area contributed by atoms with E-state index < -0.39 is 0 Å². The molecule has 0 bridgehead atoms. The third kappa shape index (κ3) is 3.46. The summed E-state index contributed by atoms with van der Waals surface area (Å²) in [6.07, 6.45) is 7.30. The number of rotatable bonds is 5. The van der Waals surface area contributed by atoms with Gasteiger partial charge in [0.1, 0.15) is 5.82 Å². The Morgan fingerprint density at radius 2 is 1.65 bits per heavy atom. The van der Waals surface area contributed by atoms with Crippen molar-refractivity contribution in [1.29, 1.82) is 0 Å². The number of pyridine rings is 3. The first-order valence-corrected chi connectivity index (χ1v) is 7.66. The van der Waals surface area contributed by atoms with Crippen molar-refractivity contribution in [1.82, 2.24) is 19.9 Å². The standard InChI is InChI=1S/C18H21N5/c1-22(2)10-11-23(3)18-16-6-9-20-13-15(16)12-17(21-18)14-4-7-19-8-5-14/h4-9,12-13H,10-11H2,1-3H3. The van der Waals surface area contributed by atoms with Crippen LogP contribution in [0.25, 0.3) is 22.0 Å². The molecular weight excluding hydrogens is 286 g/mol. The van der Waals surface area contributed by atoms with Crippen LogP contribution >= 0.6 is 0 Å². The minimum absolute atomic E-state index is 0.914. The largest absolute Gasteiger partial charge is 0.358 e. The molecule has 0 N–H and O–H groups in total. The van der Waals surface area contributed by atoms with Gasteiger partial charge in [0.05, 0.1) is 5.69 Å². The molecule has 0 saturated heterocycles. The van der Waals surface area contributed by atoms with Gasteiger partial charge in [0.15, 0.2) is 0 Å². The highest BCUT2D eigenvalue weighted by Crippen LogP contribution is 2.28. The van der Waals surface area contributed by atoms with Crippen molar-refractivity contribution in [2.45, 2.75) is 0 Å². The first-order chi connectivity index (χ1) is 11.1. The summed E-state index contributed by atoms with van der Waals surface area (Å²) in [5, 5.41) is 2.22. The molecule has 23 heavy (non-hydrogen) atoms. The molecule has 3 aromatic heterocycles. The summed E-state index contributed by atoms with van der Waals surface area (Å²) in [6.45, 7) is 1.89. The maximum atomic E-state index is 4.90. The Morgan fingerprint density at radius 3 is 2.39 bits per heavy atom. The quantitative estimate of drug-likeness (QED) is 0.725. The van der Waals surface area contributed by atoms with Crippen LogP contribution in [0.4, 0.5) is 5.82 Å². The van der Waals surface area contributed by atoms with E-state index in [0.717, 1.165) is 40.9 Å². The van der Waals surface area contributed by atoms with Crippen LogP contribution in [0.1, 0.15) is 0 Å². The van der Waals surface area contributed by atoms with Gasteiger partial charge >= 0.3 is 0 Å². The van der Waals surface area contributed by atoms with Gasteiger partial charge in [-0.3, -0.25) is 9.97 Å². The summed E-state index contributed by atoms with van der Waals surface area (Å²) in [5.41, 5.74) is 2.01. The number of hydrogen-bond donors (Lipinski definition) is 0. The summed E-state index contributed by atoms with van der Waals surface area (Å²) in [6, 6.07) is 8.07. The minimum Gasteiger partial charge on any atom is -0.358 e. The fourth-order valence-corrected chi connectivity index (χ4v) is 2.50. The maximum Gasteiger partial charge on any atom is 0.137 e. The summed E-state index contributed by atoms with van der Waals surface area (Å²) < 4.78 is 0. The molecule has 0 radical (unpaired) electrons. The lowest BCUT2D eigenvalue weighted by Crippen LogP contribution is -2.29. The van der Waals surface area contributed by atoms with Crippen molar-refractivity contribution in [3.05, 3.63) is 49.1 Å². The Labute approximate surface area is 136 Å². The molecule has 5 heteroatoms. The molecule has 3 aromatic rings. The smallest absolute Gasteiger partial charge is 0.137 e. The average molecular weight is 307 g/mol. The molecule has 0 atom stereocenters. The Kier molecular flexibility index (Phi) is 4.48. The number of likely N-dealkylation sites (N-methyl/N-ethyl adjacent to an activating group) is 2. The predicted octanol–water partition coefficient (Wildman–Crippen LogP) is 2.69. The van der Waals surface area contributed by atoms with Crippen LogP contribution in [-0.2, 0) is 0 Å². The first-order valence-electron chi connectivity index (χ1n) is 7.66. The molecule has 5 nitrogen and oxygen atoms in total. The SMILES string of the molecule is CN(C)CCN(C)c1nc(-c2ccncc2)cc2cnccc12. The molecule has 0 unspecified atom stereocenters. The second-order valence-corrected chi connectivity index (χ2v) is 5.89. The molecule has 0 spiro atoms. The number of fused-ring (bicyclic) bond motifs is 1. The van der Waals surface area contributed by atoms with E-state index in [9.17, 15) is 0 Å². The van der Waals surface area contributed by atoms with E-state index in [0.29, 0.717) is 0 Å². The first kappa shape index (κ1) is 15.4. The van der Waals surface area contributed by atoms with Gasteiger partial charge in [-0.1, -0.05) is 0 Å². The van der Waals surface area contributed by atoms with Crippen LogP contribution in [0.2, 0.25) is 0 Å². The predicted molar refractivity (Wildman–Crippen MR) is 94.6 cm³/mol. The van der Waals surface area contributed by atoms with Gasteiger partial charge in [-0.2, -0.15) is 0 Å². The molecule has 3 rings (SSSR count). The van der Waals surface area contributed by atoms with Gasteiger partial charge in [-0.25, -0.2) is 4.98 Å². The van der Waals surface area contributed by atoms with E-state index >= 15 is 0 Å². The summed E-state index contributed by atoms with van der Waals surface area (Å²) >= 11 is 0. The highest BCUT2D eigenvalue weighted by molar-refractivity contribution is 5.94. The molecule has 0 amide bonds. The van der Waals surface area contributed by atoms with Crippen LogP contribution in [0.5, 0.6) is 0 Å². The molecule has 0 aliphatic rings. The Hall–Kier alpha value is -2.53. The van der Waals surface area contributed by atoms with Crippen LogP contribution in [-0.4, -0.2) is 54.1 Å². The zero-order valence-electron chi connectivity index (χ0n) is 13.8. The lowest BCUT2D eigenvalue weighted by Gasteiger charge is -2.22. The molecule has 0 aliphatic heterocycles. The molecule has 3 heterocycles. The molecule has 118 valence electrons. The van der Waals surface area contributed by atoms with Crippen molar-refractivity contribution < 1.29 is 0 Å². The monoisotopic (exact) mass is 307 g/mol. The van der Waals surface area contributed by atoms with Gasteiger partial charge in [-0.15, -0.1) is 0 Å². The van der Waals surface area contributed by atoms with E-state index in [1.807, 2.05) is 30.6 Å². The van der Waals surface area contributed by atoms with Crippen LogP contribution in [0.3, 0.4) is 0 Å². The fourth-order valence-electron chi connectivity index (χ4n) is 2.50. The number of aromatic nitrogens is 3. The normalized spacial score (nSPS) is 11.1. The zero-order chi connectivity index (χ0) is 16.2. The van der Waals surface area contributed by atoms with Gasteiger partial charge in [0.2, 0.25) is 0 Å². The van der Waals surface area contributed by atoms with E-state index in [1.165, 1.54) is 0 Å². The van der Waals surface area contributed by atoms with Gasteiger partial charge < -0.3 is 9.80 Å². The lowest BCUT2D eigenvalue weighted by molar-refractivity contribution is 0.416. The van der Waals surface area contributed by atoms with Crippen molar-refractivity contribution in [2.75, 3.05) is 39.1 Å². The molecule has 0 fully saturated rings. The Bertz CT molecular complexity index is 786. The van der Waals surface area contributed by atoms with Crippen LogP contribution in [0, 0.1) is 0 Å². The van der Waals surface area contributed by atoms with Gasteiger partial charge in [-0.05, 0) is 38.4 Å². The zero-order valence-corrected chi connectivity index (χ0v) is 13.8. The molecule has 0 aromatic carbocycles. The van der Waals surface area contributed by atoms with Gasteiger partial charge in [0.25, 0.3) is 0 Å². The third-order valence-electron chi connectivity index (χ3n) is 3.83. The van der Waals surface area contributed by atoms with Crippen molar-refractivity contribution in [3.8, 4) is 11.3 Å². The topological polar surface area (TPSA) is 45.2 Å². The van der Waals surface area contributed by atoms with E-state index in [2.05, 4.69) is 47.0 Å². The van der Waals surface area contributed by atoms with Gasteiger partial charge in [0, 0.05) is 61.3 Å². The third-order valence-corrected chi connectivity index (χ3v) is 3.83. The van der Waals surface area contributed by atoms with E-state index in [-0.39, 0.29) is 0 Å². The lowest BCUT2D eigenvalue weighted by atomic mass is 10.1. The highest BCUT2D eigenvalue weighted by atomic mass is 15.2. The Morgan fingerprint density at radius 1 is 0.913 bits per heavy atom. The minimum atomic E-state index is 0.914. The van der Waals surface area contributed by atoms with Crippen molar-refractivity contribution in [3.63, 3.8) is 0 Å². The molecular formula is C18H21N5.